The van der Waals surface area contributed by atoms with E-state index in [4.69, 9.17) is 4.74 Å². The number of ether oxygens (including phenoxy) is 1. The number of nitrogens with zero attached hydrogens (tertiary/aromatic N) is 1. The molecule has 0 saturated carbocycles. The molecule has 1 aliphatic heterocycles. The van der Waals surface area contributed by atoms with Crippen LogP contribution in [0.15, 0.2) is 18.2 Å². The molecule has 26 heavy (non-hydrogen) atoms. The van der Waals surface area contributed by atoms with E-state index in [-0.39, 0.29) is 24.8 Å². The molecular weight excluding hydrogens is 336 g/mol. The lowest BCUT2D eigenvalue weighted by atomic mass is 10.0. The van der Waals surface area contributed by atoms with E-state index in [0.717, 1.165) is 5.56 Å². The molecular formula is C19H26N2O5. The van der Waals surface area contributed by atoms with Crippen LogP contribution >= 0.6 is 0 Å². The number of rotatable bonds is 6. The number of aryl methyl sites for hydroxylation is 1. The molecule has 2 amide bonds. The Morgan fingerprint density at radius 2 is 1.96 bits per heavy atom. The van der Waals surface area contributed by atoms with Gasteiger partial charge in [0, 0.05) is 13.0 Å². The molecule has 1 heterocycles. The highest BCUT2D eigenvalue weighted by Crippen LogP contribution is 2.38. The minimum absolute atomic E-state index is 0.00566. The number of aliphatic carboxylic acids is 1. The van der Waals surface area contributed by atoms with Gasteiger partial charge in [0.25, 0.3) is 5.91 Å². The van der Waals surface area contributed by atoms with Gasteiger partial charge < -0.3 is 20.1 Å². The average molecular weight is 362 g/mol. The third kappa shape index (κ3) is 4.15. The van der Waals surface area contributed by atoms with Crippen molar-refractivity contribution in [1.82, 2.24) is 5.32 Å². The first-order valence-electron chi connectivity index (χ1n) is 8.66. The number of anilines is 1. The second-order valence-electron chi connectivity index (χ2n) is 7.42. The number of carboxylic acid groups (broad SMARTS) is 1. The zero-order valence-corrected chi connectivity index (χ0v) is 15.8. The number of fused-ring (bicyclic) bond motifs is 1. The highest BCUT2D eigenvalue weighted by Gasteiger charge is 2.41. The predicted octanol–water partition coefficient (Wildman–Crippen LogP) is 2.11. The molecule has 1 aromatic carbocycles. The van der Waals surface area contributed by atoms with E-state index in [0.29, 0.717) is 11.4 Å². The van der Waals surface area contributed by atoms with Crippen molar-refractivity contribution < 1.29 is 24.2 Å². The number of carboxylic acids is 1. The van der Waals surface area contributed by atoms with Gasteiger partial charge in [-0.15, -0.1) is 0 Å². The minimum Gasteiger partial charge on any atom is -0.480 e. The number of hydrogen-bond acceptors (Lipinski definition) is 4. The van der Waals surface area contributed by atoms with Crippen LogP contribution in [-0.4, -0.2) is 41.1 Å². The second-order valence-corrected chi connectivity index (χ2v) is 7.42. The molecule has 2 N–H and O–H groups in total. The molecule has 2 rings (SSSR count). The van der Waals surface area contributed by atoms with Gasteiger partial charge in [-0.2, -0.15) is 0 Å². The molecule has 1 aliphatic rings. The van der Waals surface area contributed by atoms with Crippen molar-refractivity contribution in [3.05, 3.63) is 23.8 Å². The van der Waals surface area contributed by atoms with Crippen LogP contribution in [0, 0.1) is 12.8 Å². The van der Waals surface area contributed by atoms with E-state index in [1.807, 2.05) is 25.1 Å². The van der Waals surface area contributed by atoms with Crippen molar-refractivity contribution >= 4 is 23.5 Å². The number of carbonyl (C=O) groups excluding carboxylic acids is 2. The second kappa shape index (κ2) is 7.35. The molecule has 1 aromatic rings. The quantitative estimate of drug-likeness (QED) is 0.808. The SMILES string of the molecule is Cc1ccc2c(c1)N(CCC(=O)NC(C(=O)O)C(C)C)C(=O)C(C)(C)O2. The highest BCUT2D eigenvalue weighted by atomic mass is 16.5. The Morgan fingerprint density at radius 3 is 2.54 bits per heavy atom. The third-order valence-electron chi connectivity index (χ3n) is 4.34. The van der Waals surface area contributed by atoms with E-state index >= 15 is 0 Å². The van der Waals surface area contributed by atoms with Crippen molar-refractivity contribution in [2.24, 2.45) is 5.92 Å². The summed E-state index contributed by atoms with van der Waals surface area (Å²) >= 11 is 0. The Labute approximate surface area is 153 Å². The third-order valence-corrected chi connectivity index (χ3v) is 4.34. The molecule has 0 spiro atoms. The zero-order valence-electron chi connectivity index (χ0n) is 15.8. The Balaban J connectivity index is 2.15. The lowest BCUT2D eigenvalue weighted by molar-refractivity contribution is -0.143. The fraction of sp³-hybridized carbons (Fsp3) is 0.526. The van der Waals surface area contributed by atoms with Crippen molar-refractivity contribution in [2.75, 3.05) is 11.4 Å². The maximum absolute atomic E-state index is 12.7. The topological polar surface area (TPSA) is 95.9 Å². The summed E-state index contributed by atoms with van der Waals surface area (Å²) in [5, 5.41) is 11.7. The fourth-order valence-corrected chi connectivity index (χ4v) is 2.87. The average Bonchev–Trinajstić information content (AvgIpc) is 2.53. The molecule has 0 radical (unpaired) electrons. The lowest BCUT2D eigenvalue weighted by Gasteiger charge is -2.39. The molecule has 0 aromatic heterocycles. The number of benzene rings is 1. The Hall–Kier alpha value is -2.57. The maximum Gasteiger partial charge on any atom is 0.326 e. The number of nitrogens with one attached hydrogen (secondary N) is 1. The highest BCUT2D eigenvalue weighted by molar-refractivity contribution is 6.02. The smallest absolute Gasteiger partial charge is 0.326 e. The van der Waals surface area contributed by atoms with Crippen molar-refractivity contribution in [3.63, 3.8) is 0 Å². The van der Waals surface area contributed by atoms with Crippen LogP contribution in [0.1, 0.15) is 39.7 Å². The Bertz CT molecular complexity index is 727. The van der Waals surface area contributed by atoms with Crippen LogP contribution in [0.2, 0.25) is 0 Å². The lowest BCUT2D eigenvalue weighted by Crippen LogP contribution is -2.53. The number of amides is 2. The number of hydrogen-bond donors (Lipinski definition) is 2. The van der Waals surface area contributed by atoms with Crippen molar-refractivity contribution in [3.8, 4) is 5.75 Å². The molecule has 1 atom stereocenters. The first-order valence-corrected chi connectivity index (χ1v) is 8.66. The van der Waals surface area contributed by atoms with Gasteiger partial charge in [-0.3, -0.25) is 9.59 Å². The zero-order chi connectivity index (χ0) is 19.6. The normalized spacial score (nSPS) is 16.7. The summed E-state index contributed by atoms with van der Waals surface area (Å²) in [5.41, 5.74) is 0.570. The van der Waals surface area contributed by atoms with Gasteiger partial charge in [0.2, 0.25) is 5.91 Å². The van der Waals surface area contributed by atoms with Crippen LogP contribution in [0.3, 0.4) is 0 Å². The van der Waals surface area contributed by atoms with Gasteiger partial charge in [-0.25, -0.2) is 4.79 Å². The van der Waals surface area contributed by atoms with Crippen LogP contribution in [0.25, 0.3) is 0 Å². The molecule has 142 valence electrons. The maximum atomic E-state index is 12.7. The van der Waals surface area contributed by atoms with Crippen molar-refractivity contribution in [1.29, 1.82) is 0 Å². The molecule has 0 aliphatic carbocycles. The predicted molar refractivity (Wildman–Crippen MR) is 97.3 cm³/mol. The monoisotopic (exact) mass is 362 g/mol. The largest absolute Gasteiger partial charge is 0.480 e. The van der Waals surface area contributed by atoms with Crippen LogP contribution in [0.4, 0.5) is 5.69 Å². The molecule has 0 saturated heterocycles. The fourth-order valence-electron chi connectivity index (χ4n) is 2.87. The Morgan fingerprint density at radius 1 is 1.31 bits per heavy atom. The summed E-state index contributed by atoms with van der Waals surface area (Å²) < 4.78 is 5.78. The summed E-state index contributed by atoms with van der Waals surface area (Å²) in [6.45, 7) is 8.89. The van der Waals surface area contributed by atoms with Crippen molar-refractivity contribution in [2.45, 2.75) is 52.7 Å². The summed E-state index contributed by atoms with van der Waals surface area (Å²) in [4.78, 5) is 37.7. The van der Waals surface area contributed by atoms with Gasteiger partial charge in [0.1, 0.15) is 11.8 Å². The van der Waals surface area contributed by atoms with Crippen LogP contribution in [0.5, 0.6) is 5.75 Å². The summed E-state index contributed by atoms with van der Waals surface area (Å²) in [7, 11) is 0. The van der Waals surface area contributed by atoms with Crippen LogP contribution in [-0.2, 0) is 14.4 Å². The van der Waals surface area contributed by atoms with E-state index in [9.17, 15) is 19.5 Å². The molecule has 7 nitrogen and oxygen atoms in total. The molecule has 0 fully saturated rings. The Kier molecular flexibility index (Phi) is 5.59. The van der Waals surface area contributed by atoms with Crippen LogP contribution < -0.4 is 15.0 Å². The summed E-state index contributed by atoms with van der Waals surface area (Å²) in [6, 6.07) is 4.60. The van der Waals surface area contributed by atoms with E-state index < -0.39 is 23.5 Å². The summed E-state index contributed by atoms with van der Waals surface area (Å²) in [6.07, 6.45) is 0.00566. The number of carbonyl (C=O) groups is 3. The standard InChI is InChI=1S/C19H26N2O5/c1-11(2)16(17(23)24)20-15(22)8-9-21-13-10-12(3)6-7-14(13)26-19(4,5)18(21)25/h6-7,10-11,16H,8-9H2,1-5H3,(H,20,22)(H,23,24). The molecule has 7 heteroatoms. The van der Waals surface area contributed by atoms with E-state index in [1.165, 1.54) is 4.90 Å². The van der Waals surface area contributed by atoms with Gasteiger partial charge in [0.15, 0.2) is 5.60 Å². The first kappa shape index (κ1) is 19.8. The van der Waals surface area contributed by atoms with E-state index in [2.05, 4.69) is 5.32 Å². The minimum atomic E-state index is -1.07. The van der Waals surface area contributed by atoms with Gasteiger partial charge >= 0.3 is 5.97 Å². The van der Waals surface area contributed by atoms with Gasteiger partial charge in [0.05, 0.1) is 5.69 Å². The summed E-state index contributed by atoms with van der Waals surface area (Å²) in [5.74, 6) is -1.35. The molecule has 0 bridgehead atoms. The van der Waals surface area contributed by atoms with E-state index in [1.54, 1.807) is 27.7 Å². The van der Waals surface area contributed by atoms with Gasteiger partial charge in [-0.1, -0.05) is 19.9 Å². The molecule has 1 unspecified atom stereocenters. The first-order chi connectivity index (χ1) is 12.0. The van der Waals surface area contributed by atoms with Gasteiger partial charge in [-0.05, 0) is 44.4 Å².